The number of rotatable bonds is 2. The average Bonchev–Trinajstić information content (AvgIpc) is 2.31. The number of ether oxygens (including phenoxy) is 1. The molecule has 2 aromatic rings. The molecule has 1 aromatic carbocycles. The molecule has 0 aliphatic heterocycles. The van der Waals surface area contributed by atoms with Crippen molar-refractivity contribution in [3.05, 3.63) is 42.1 Å². The van der Waals surface area contributed by atoms with Gasteiger partial charge in [-0.25, -0.2) is 4.98 Å². The number of para-hydroxylation sites is 1. The molecule has 0 spiro atoms. The van der Waals surface area contributed by atoms with E-state index in [1.165, 1.54) is 24.4 Å². The minimum atomic E-state index is -4.73. The lowest BCUT2D eigenvalue weighted by atomic mass is 10.0. The molecule has 1 aromatic heterocycles. The van der Waals surface area contributed by atoms with E-state index in [1.54, 1.807) is 19.1 Å². The summed E-state index contributed by atoms with van der Waals surface area (Å²) in [5, 5.41) is 0. The Balaban J connectivity index is 2.53. The normalized spacial score (nSPS) is 11.4. The SMILES string of the molecule is Cc1cnc(N)cc1-c1ccccc1OC(F)(F)F. The zero-order valence-electron chi connectivity index (χ0n) is 10.0. The van der Waals surface area contributed by atoms with Crippen LogP contribution in [0.4, 0.5) is 19.0 Å². The molecule has 0 amide bonds. The summed E-state index contributed by atoms with van der Waals surface area (Å²) < 4.78 is 41.1. The van der Waals surface area contributed by atoms with Crippen molar-refractivity contribution in [3.63, 3.8) is 0 Å². The summed E-state index contributed by atoms with van der Waals surface area (Å²) in [5.74, 6) is -0.0221. The molecule has 2 rings (SSSR count). The number of aromatic nitrogens is 1. The van der Waals surface area contributed by atoms with Crippen molar-refractivity contribution in [2.24, 2.45) is 0 Å². The molecule has 0 bridgehead atoms. The summed E-state index contributed by atoms with van der Waals surface area (Å²) in [4.78, 5) is 3.88. The first-order valence-corrected chi connectivity index (χ1v) is 5.44. The monoisotopic (exact) mass is 268 g/mol. The number of nitrogen functional groups attached to an aromatic ring is 1. The van der Waals surface area contributed by atoms with E-state index in [0.29, 0.717) is 16.7 Å². The first-order valence-electron chi connectivity index (χ1n) is 5.44. The lowest BCUT2D eigenvalue weighted by Gasteiger charge is -2.14. The highest BCUT2D eigenvalue weighted by Crippen LogP contribution is 2.35. The standard InChI is InChI=1S/C13H11F3N2O/c1-8-7-18-12(17)6-10(8)9-4-2-3-5-11(9)19-13(14,15)16/h2-7H,1H3,(H2,17,18). The summed E-state index contributed by atoms with van der Waals surface area (Å²) in [6.07, 6.45) is -3.22. The second-order valence-electron chi connectivity index (χ2n) is 3.97. The first kappa shape index (κ1) is 13.2. The van der Waals surface area contributed by atoms with Crippen molar-refractivity contribution in [1.29, 1.82) is 0 Å². The van der Waals surface area contributed by atoms with Gasteiger partial charge in [0.2, 0.25) is 0 Å². The van der Waals surface area contributed by atoms with Crippen LogP contribution in [0.3, 0.4) is 0 Å². The molecular weight excluding hydrogens is 257 g/mol. The van der Waals surface area contributed by atoms with E-state index >= 15 is 0 Å². The fourth-order valence-electron chi connectivity index (χ4n) is 1.73. The Morgan fingerprint density at radius 1 is 1.16 bits per heavy atom. The van der Waals surface area contributed by atoms with Crippen LogP contribution in [0, 0.1) is 6.92 Å². The van der Waals surface area contributed by atoms with Crippen LogP contribution in [0.25, 0.3) is 11.1 Å². The molecule has 2 N–H and O–H groups in total. The molecule has 0 radical (unpaired) electrons. The number of nitrogens with two attached hydrogens (primary N) is 1. The van der Waals surface area contributed by atoms with E-state index in [9.17, 15) is 13.2 Å². The second kappa shape index (κ2) is 4.79. The number of anilines is 1. The number of halogens is 3. The molecule has 3 nitrogen and oxygen atoms in total. The highest BCUT2D eigenvalue weighted by atomic mass is 19.4. The van der Waals surface area contributed by atoms with Crippen LogP contribution in [0.2, 0.25) is 0 Å². The molecule has 0 atom stereocenters. The Morgan fingerprint density at radius 2 is 1.84 bits per heavy atom. The smallest absolute Gasteiger partial charge is 0.405 e. The van der Waals surface area contributed by atoms with Crippen molar-refractivity contribution >= 4 is 5.82 Å². The lowest BCUT2D eigenvalue weighted by molar-refractivity contribution is -0.274. The molecule has 0 unspecified atom stereocenters. The topological polar surface area (TPSA) is 48.1 Å². The van der Waals surface area contributed by atoms with E-state index in [0.717, 1.165) is 0 Å². The van der Waals surface area contributed by atoms with Gasteiger partial charge in [-0.05, 0) is 30.2 Å². The van der Waals surface area contributed by atoms with Gasteiger partial charge < -0.3 is 10.5 Å². The maximum Gasteiger partial charge on any atom is 0.573 e. The third kappa shape index (κ3) is 3.15. The maximum absolute atomic E-state index is 12.4. The van der Waals surface area contributed by atoms with Crippen LogP contribution < -0.4 is 10.5 Å². The van der Waals surface area contributed by atoms with E-state index in [2.05, 4.69) is 9.72 Å². The summed E-state index contributed by atoms with van der Waals surface area (Å²) >= 11 is 0. The Labute approximate surface area is 107 Å². The van der Waals surface area contributed by atoms with Crippen LogP contribution in [-0.4, -0.2) is 11.3 Å². The first-order chi connectivity index (χ1) is 8.87. The predicted molar refractivity (Wildman–Crippen MR) is 65.5 cm³/mol. The highest BCUT2D eigenvalue weighted by Gasteiger charge is 2.32. The number of hydrogen-bond acceptors (Lipinski definition) is 3. The van der Waals surface area contributed by atoms with E-state index < -0.39 is 6.36 Å². The zero-order valence-corrected chi connectivity index (χ0v) is 10.0. The Morgan fingerprint density at radius 3 is 2.53 bits per heavy atom. The summed E-state index contributed by atoms with van der Waals surface area (Å²) in [6, 6.07) is 7.44. The fourth-order valence-corrected chi connectivity index (χ4v) is 1.73. The third-order valence-corrected chi connectivity index (χ3v) is 2.53. The number of aryl methyl sites for hydroxylation is 1. The van der Waals surface area contributed by atoms with Gasteiger partial charge in [-0.3, -0.25) is 0 Å². The Hall–Kier alpha value is -2.24. The highest BCUT2D eigenvalue weighted by molar-refractivity contribution is 5.74. The van der Waals surface area contributed by atoms with Crippen molar-refractivity contribution < 1.29 is 17.9 Å². The number of pyridine rings is 1. The summed E-state index contributed by atoms with van der Waals surface area (Å²) in [5.41, 5.74) is 7.17. The summed E-state index contributed by atoms with van der Waals surface area (Å²) in [6.45, 7) is 1.74. The van der Waals surface area contributed by atoms with Gasteiger partial charge >= 0.3 is 6.36 Å². The van der Waals surface area contributed by atoms with E-state index in [-0.39, 0.29) is 11.6 Å². The van der Waals surface area contributed by atoms with Crippen molar-refractivity contribution in [3.8, 4) is 16.9 Å². The molecule has 0 aliphatic carbocycles. The van der Waals surface area contributed by atoms with Gasteiger partial charge in [0.25, 0.3) is 0 Å². The van der Waals surface area contributed by atoms with Gasteiger partial charge in [-0.2, -0.15) is 0 Å². The number of alkyl halides is 3. The van der Waals surface area contributed by atoms with Gasteiger partial charge in [-0.1, -0.05) is 18.2 Å². The molecule has 6 heteroatoms. The molecular formula is C13H11F3N2O. The van der Waals surface area contributed by atoms with E-state index in [4.69, 9.17) is 5.73 Å². The molecule has 0 aliphatic rings. The third-order valence-electron chi connectivity index (χ3n) is 2.53. The lowest BCUT2D eigenvalue weighted by Crippen LogP contribution is -2.17. The van der Waals surface area contributed by atoms with E-state index in [1.807, 2.05) is 0 Å². The molecule has 1 heterocycles. The number of benzene rings is 1. The van der Waals surface area contributed by atoms with Gasteiger partial charge in [-0.15, -0.1) is 13.2 Å². The van der Waals surface area contributed by atoms with Crippen molar-refractivity contribution in [2.75, 3.05) is 5.73 Å². The minimum absolute atomic E-state index is 0.238. The van der Waals surface area contributed by atoms with Crippen molar-refractivity contribution in [2.45, 2.75) is 13.3 Å². The fraction of sp³-hybridized carbons (Fsp3) is 0.154. The van der Waals surface area contributed by atoms with Crippen LogP contribution in [-0.2, 0) is 0 Å². The molecule has 100 valence electrons. The van der Waals surface area contributed by atoms with Crippen LogP contribution in [0.1, 0.15) is 5.56 Å². The number of hydrogen-bond donors (Lipinski definition) is 1. The van der Waals surface area contributed by atoms with Gasteiger partial charge in [0.05, 0.1) is 0 Å². The molecule has 0 saturated carbocycles. The Kier molecular flexibility index (Phi) is 3.33. The second-order valence-corrected chi connectivity index (χ2v) is 3.97. The largest absolute Gasteiger partial charge is 0.573 e. The van der Waals surface area contributed by atoms with Crippen LogP contribution >= 0.6 is 0 Å². The molecule has 0 fully saturated rings. The minimum Gasteiger partial charge on any atom is -0.405 e. The quantitative estimate of drug-likeness (QED) is 0.906. The van der Waals surface area contributed by atoms with Crippen LogP contribution in [0.15, 0.2) is 36.5 Å². The molecule has 0 saturated heterocycles. The van der Waals surface area contributed by atoms with Crippen LogP contribution in [0.5, 0.6) is 5.75 Å². The van der Waals surface area contributed by atoms with Gasteiger partial charge in [0.15, 0.2) is 0 Å². The average molecular weight is 268 g/mol. The zero-order chi connectivity index (χ0) is 14.0. The molecule has 19 heavy (non-hydrogen) atoms. The van der Waals surface area contributed by atoms with Gasteiger partial charge in [0, 0.05) is 11.8 Å². The van der Waals surface area contributed by atoms with Crippen molar-refractivity contribution in [1.82, 2.24) is 4.98 Å². The maximum atomic E-state index is 12.4. The van der Waals surface area contributed by atoms with Gasteiger partial charge in [0.1, 0.15) is 11.6 Å². The number of nitrogens with zero attached hydrogens (tertiary/aromatic N) is 1. The predicted octanol–water partition coefficient (Wildman–Crippen LogP) is 3.54. The summed E-state index contributed by atoms with van der Waals surface area (Å²) in [7, 11) is 0. The Bertz CT molecular complexity index is 597.